The number of amides is 1. The van der Waals surface area contributed by atoms with Crippen molar-refractivity contribution in [3.8, 4) is 6.07 Å². The fraction of sp³-hybridized carbons (Fsp3) is 0.125. The van der Waals surface area contributed by atoms with E-state index in [0.717, 1.165) is 17.5 Å². The SMILES string of the molecule is Cc1ccc(C#N)c(SCC(=O)Nc2ccc(Cl)c(C(=O)O)c2)n1. The molecule has 0 spiro atoms. The van der Waals surface area contributed by atoms with E-state index < -0.39 is 5.97 Å². The van der Waals surface area contributed by atoms with Crippen LogP contribution in [-0.2, 0) is 4.79 Å². The molecule has 8 heteroatoms. The number of thioether (sulfide) groups is 1. The summed E-state index contributed by atoms with van der Waals surface area (Å²) in [6, 6.07) is 9.62. The van der Waals surface area contributed by atoms with E-state index >= 15 is 0 Å². The number of aromatic carboxylic acids is 1. The highest BCUT2D eigenvalue weighted by molar-refractivity contribution is 8.00. The number of nitrogens with zero attached hydrogens (tertiary/aromatic N) is 2. The average molecular weight is 362 g/mol. The van der Waals surface area contributed by atoms with E-state index in [1.54, 1.807) is 19.1 Å². The summed E-state index contributed by atoms with van der Waals surface area (Å²) in [6.45, 7) is 1.80. The largest absolute Gasteiger partial charge is 0.478 e. The smallest absolute Gasteiger partial charge is 0.337 e. The summed E-state index contributed by atoms with van der Waals surface area (Å²) in [4.78, 5) is 27.3. The van der Waals surface area contributed by atoms with E-state index in [4.69, 9.17) is 22.0 Å². The van der Waals surface area contributed by atoms with Crippen molar-refractivity contribution in [2.45, 2.75) is 11.9 Å². The molecule has 24 heavy (non-hydrogen) atoms. The number of aryl methyl sites for hydroxylation is 1. The molecule has 1 aromatic carbocycles. The van der Waals surface area contributed by atoms with Crippen molar-refractivity contribution in [3.63, 3.8) is 0 Å². The molecule has 0 fully saturated rings. The number of carbonyl (C=O) groups excluding carboxylic acids is 1. The van der Waals surface area contributed by atoms with Crippen LogP contribution >= 0.6 is 23.4 Å². The maximum absolute atomic E-state index is 12.0. The number of carboxylic acids is 1. The molecule has 0 radical (unpaired) electrons. The number of pyridine rings is 1. The van der Waals surface area contributed by atoms with Gasteiger partial charge in [-0.25, -0.2) is 9.78 Å². The monoisotopic (exact) mass is 361 g/mol. The molecule has 0 aliphatic rings. The fourth-order valence-corrected chi connectivity index (χ4v) is 2.84. The van der Waals surface area contributed by atoms with Gasteiger partial charge in [0.25, 0.3) is 0 Å². The minimum Gasteiger partial charge on any atom is -0.478 e. The summed E-state index contributed by atoms with van der Waals surface area (Å²) in [5.41, 5.74) is 1.40. The van der Waals surface area contributed by atoms with Gasteiger partial charge in [-0.2, -0.15) is 5.26 Å². The highest BCUT2D eigenvalue weighted by Crippen LogP contribution is 2.23. The first-order chi connectivity index (χ1) is 11.4. The van der Waals surface area contributed by atoms with Gasteiger partial charge in [-0.3, -0.25) is 4.79 Å². The first-order valence-electron chi connectivity index (χ1n) is 6.74. The molecular weight excluding hydrogens is 350 g/mol. The molecule has 6 nitrogen and oxygen atoms in total. The van der Waals surface area contributed by atoms with Crippen molar-refractivity contribution >= 4 is 40.9 Å². The minimum atomic E-state index is -1.17. The zero-order valence-electron chi connectivity index (χ0n) is 12.5. The highest BCUT2D eigenvalue weighted by atomic mass is 35.5. The van der Waals surface area contributed by atoms with E-state index in [1.165, 1.54) is 18.2 Å². The lowest BCUT2D eigenvalue weighted by atomic mass is 10.2. The van der Waals surface area contributed by atoms with E-state index in [9.17, 15) is 9.59 Å². The third-order valence-corrected chi connectivity index (χ3v) is 4.26. The van der Waals surface area contributed by atoms with E-state index in [0.29, 0.717) is 16.3 Å². The predicted molar refractivity (Wildman–Crippen MR) is 91.5 cm³/mol. The Kier molecular flexibility index (Phi) is 5.79. The molecule has 2 aromatic rings. The third kappa shape index (κ3) is 4.47. The standard InChI is InChI=1S/C16H12ClN3O3S/c1-9-2-3-10(7-18)15(19-9)24-8-14(21)20-11-4-5-13(17)12(6-11)16(22)23/h2-6H,8H2,1H3,(H,20,21)(H,22,23). The summed E-state index contributed by atoms with van der Waals surface area (Å²) >= 11 is 6.92. The quantitative estimate of drug-likeness (QED) is 0.791. The molecule has 0 bridgehead atoms. The molecule has 2 rings (SSSR count). The van der Waals surface area contributed by atoms with Crippen LogP contribution in [-0.4, -0.2) is 27.7 Å². The maximum atomic E-state index is 12.0. The van der Waals surface area contributed by atoms with Gasteiger partial charge in [0.15, 0.2) is 0 Å². The molecule has 0 unspecified atom stereocenters. The second-order valence-corrected chi connectivity index (χ2v) is 6.13. The molecule has 122 valence electrons. The lowest BCUT2D eigenvalue weighted by Gasteiger charge is -2.08. The van der Waals surface area contributed by atoms with Gasteiger partial charge in [-0.05, 0) is 37.3 Å². The van der Waals surface area contributed by atoms with E-state index in [2.05, 4.69) is 10.3 Å². The normalized spacial score (nSPS) is 10.0. The Bertz CT molecular complexity index is 849. The molecule has 0 aliphatic carbocycles. The Labute approximate surface area is 147 Å². The van der Waals surface area contributed by atoms with Crippen LogP contribution in [0.1, 0.15) is 21.6 Å². The number of benzene rings is 1. The lowest BCUT2D eigenvalue weighted by molar-refractivity contribution is -0.113. The van der Waals surface area contributed by atoms with Gasteiger partial charge >= 0.3 is 5.97 Å². The van der Waals surface area contributed by atoms with Crippen LogP contribution in [0, 0.1) is 18.3 Å². The van der Waals surface area contributed by atoms with Crippen LogP contribution in [0.15, 0.2) is 35.4 Å². The second kappa shape index (κ2) is 7.81. The summed E-state index contributed by atoms with van der Waals surface area (Å²) in [5.74, 6) is -1.48. The van der Waals surface area contributed by atoms with Gasteiger partial charge in [0.1, 0.15) is 11.1 Å². The lowest BCUT2D eigenvalue weighted by Crippen LogP contribution is -2.15. The topological polar surface area (TPSA) is 103 Å². The van der Waals surface area contributed by atoms with Gasteiger partial charge < -0.3 is 10.4 Å². The van der Waals surface area contributed by atoms with Crippen molar-refractivity contribution in [3.05, 3.63) is 52.2 Å². The maximum Gasteiger partial charge on any atom is 0.337 e. The Morgan fingerprint density at radius 2 is 2.12 bits per heavy atom. The van der Waals surface area contributed by atoms with Crippen LogP contribution in [0.3, 0.4) is 0 Å². The number of nitrogens with one attached hydrogen (secondary N) is 1. The zero-order valence-corrected chi connectivity index (χ0v) is 14.1. The summed E-state index contributed by atoms with van der Waals surface area (Å²) in [5, 5.41) is 21.2. The Balaban J connectivity index is 2.05. The Hall–Kier alpha value is -2.56. The van der Waals surface area contributed by atoms with Gasteiger partial charge in [-0.1, -0.05) is 23.4 Å². The van der Waals surface area contributed by atoms with Crippen LogP contribution in [0.4, 0.5) is 5.69 Å². The van der Waals surface area contributed by atoms with Gasteiger partial charge in [-0.15, -0.1) is 0 Å². The summed E-state index contributed by atoms with van der Waals surface area (Å²) in [6.07, 6.45) is 0. The first kappa shape index (κ1) is 17.8. The third-order valence-electron chi connectivity index (χ3n) is 2.94. The number of nitriles is 1. The average Bonchev–Trinajstić information content (AvgIpc) is 2.54. The van der Waals surface area contributed by atoms with Crippen LogP contribution in [0.2, 0.25) is 5.02 Å². The Morgan fingerprint density at radius 1 is 1.38 bits per heavy atom. The van der Waals surface area contributed by atoms with Crippen molar-refractivity contribution in [1.29, 1.82) is 5.26 Å². The highest BCUT2D eigenvalue weighted by Gasteiger charge is 2.12. The summed E-state index contributed by atoms with van der Waals surface area (Å²) in [7, 11) is 0. The molecule has 1 amide bonds. The van der Waals surface area contributed by atoms with E-state index in [1.807, 2.05) is 6.07 Å². The minimum absolute atomic E-state index is 0.0379. The van der Waals surface area contributed by atoms with Gasteiger partial charge in [0.2, 0.25) is 5.91 Å². The zero-order chi connectivity index (χ0) is 17.7. The van der Waals surface area contributed by atoms with Gasteiger partial charge in [0, 0.05) is 11.4 Å². The molecule has 0 atom stereocenters. The number of carbonyl (C=O) groups is 2. The van der Waals surface area contributed by atoms with Crippen LogP contribution in [0.5, 0.6) is 0 Å². The van der Waals surface area contributed by atoms with Crippen LogP contribution in [0.25, 0.3) is 0 Å². The predicted octanol–water partition coefficient (Wildman–Crippen LogP) is 3.34. The van der Waals surface area contributed by atoms with Crippen LogP contribution < -0.4 is 5.32 Å². The van der Waals surface area contributed by atoms with Crippen molar-refractivity contribution < 1.29 is 14.7 Å². The number of hydrogen-bond acceptors (Lipinski definition) is 5. The van der Waals surface area contributed by atoms with E-state index in [-0.39, 0.29) is 22.2 Å². The molecule has 1 heterocycles. The first-order valence-corrected chi connectivity index (χ1v) is 8.10. The van der Waals surface area contributed by atoms with Crippen molar-refractivity contribution in [1.82, 2.24) is 4.98 Å². The second-order valence-electron chi connectivity index (χ2n) is 4.75. The molecule has 2 N–H and O–H groups in total. The number of halogens is 1. The summed E-state index contributed by atoms with van der Waals surface area (Å²) < 4.78 is 0. The van der Waals surface area contributed by atoms with Crippen molar-refractivity contribution in [2.75, 3.05) is 11.1 Å². The fourth-order valence-electron chi connectivity index (χ4n) is 1.83. The number of rotatable bonds is 5. The molecule has 0 aliphatic heterocycles. The van der Waals surface area contributed by atoms with Gasteiger partial charge in [0.05, 0.1) is 21.9 Å². The molecule has 1 aromatic heterocycles. The number of anilines is 1. The molecule has 0 saturated carbocycles. The number of carboxylic acid groups (broad SMARTS) is 1. The van der Waals surface area contributed by atoms with Crippen molar-refractivity contribution in [2.24, 2.45) is 0 Å². The Morgan fingerprint density at radius 3 is 2.79 bits per heavy atom. The number of hydrogen-bond donors (Lipinski definition) is 2. The molecular formula is C16H12ClN3O3S. The molecule has 0 saturated heterocycles. The number of aromatic nitrogens is 1.